The van der Waals surface area contributed by atoms with Crippen LogP contribution >= 0.6 is 0 Å². The molecule has 0 saturated carbocycles. The fourth-order valence-corrected chi connectivity index (χ4v) is 2.23. The summed E-state index contributed by atoms with van der Waals surface area (Å²) in [6.45, 7) is 3.27. The quantitative estimate of drug-likeness (QED) is 0.841. The summed E-state index contributed by atoms with van der Waals surface area (Å²) in [5, 5.41) is 12.9. The van der Waals surface area contributed by atoms with Crippen molar-refractivity contribution in [1.82, 2.24) is 5.32 Å². The topological polar surface area (TPSA) is 41.5 Å². The second-order valence-corrected chi connectivity index (χ2v) is 5.02. The van der Waals surface area contributed by atoms with E-state index in [1.807, 2.05) is 13.0 Å². The van der Waals surface area contributed by atoms with Gasteiger partial charge in [0, 0.05) is 13.2 Å². The van der Waals surface area contributed by atoms with E-state index < -0.39 is 5.54 Å². The van der Waals surface area contributed by atoms with Gasteiger partial charge in [-0.1, -0.05) is 12.1 Å². The predicted octanol–water partition coefficient (Wildman–Crippen LogP) is 1.80. The van der Waals surface area contributed by atoms with Crippen LogP contribution in [0, 0.1) is 5.82 Å². The lowest BCUT2D eigenvalue weighted by Gasteiger charge is -2.30. The fraction of sp³-hybridized carbons (Fsp3) is 0.571. The highest BCUT2D eigenvalue weighted by molar-refractivity contribution is 5.24. The first kappa shape index (κ1) is 13.5. The molecule has 0 amide bonds. The Kier molecular flexibility index (Phi) is 4.32. The van der Waals surface area contributed by atoms with Crippen molar-refractivity contribution >= 4 is 0 Å². The minimum Gasteiger partial charge on any atom is -0.394 e. The molecule has 18 heavy (non-hydrogen) atoms. The lowest BCUT2D eigenvalue weighted by molar-refractivity contribution is 0.0910. The van der Waals surface area contributed by atoms with Crippen LogP contribution < -0.4 is 5.32 Å². The summed E-state index contributed by atoms with van der Waals surface area (Å²) >= 11 is 0. The Morgan fingerprint density at radius 2 is 2.39 bits per heavy atom. The van der Waals surface area contributed by atoms with Gasteiger partial charge in [0.25, 0.3) is 0 Å². The molecule has 1 aromatic carbocycles. The maximum atomic E-state index is 13.2. The van der Waals surface area contributed by atoms with Gasteiger partial charge in [-0.15, -0.1) is 0 Å². The summed E-state index contributed by atoms with van der Waals surface area (Å²) in [4.78, 5) is 0. The Hall–Kier alpha value is -0.970. The molecule has 2 N–H and O–H groups in total. The molecule has 1 fully saturated rings. The predicted molar refractivity (Wildman–Crippen MR) is 67.8 cm³/mol. The molecule has 1 aliphatic rings. The Labute approximate surface area is 107 Å². The molecule has 100 valence electrons. The summed E-state index contributed by atoms with van der Waals surface area (Å²) < 4.78 is 18.8. The van der Waals surface area contributed by atoms with E-state index in [1.165, 1.54) is 12.1 Å². The van der Waals surface area contributed by atoms with Gasteiger partial charge in [0.2, 0.25) is 0 Å². The average Bonchev–Trinajstić information content (AvgIpc) is 2.89. The van der Waals surface area contributed by atoms with Crippen molar-refractivity contribution in [2.24, 2.45) is 0 Å². The molecule has 0 spiro atoms. The molecule has 2 rings (SSSR count). The van der Waals surface area contributed by atoms with E-state index in [0.29, 0.717) is 6.54 Å². The molecule has 4 heteroatoms. The molecule has 0 aliphatic carbocycles. The minimum absolute atomic E-state index is 0.0802. The highest BCUT2D eigenvalue weighted by Crippen LogP contribution is 2.22. The molecule has 0 radical (unpaired) electrons. The zero-order valence-corrected chi connectivity index (χ0v) is 10.7. The summed E-state index contributed by atoms with van der Waals surface area (Å²) in [5.74, 6) is -0.286. The van der Waals surface area contributed by atoms with Gasteiger partial charge in [-0.25, -0.2) is 4.39 Å². The van der Waals surface area contributed by atoms with Crippen molar-refractivity contribution in [2.75, 3.05) is 19.8 Å². The molecule has 1 aliphatic heterocycles. The monoisotopic (exact) mass is 253 g/mol. The number of halogens is 1. The molecule has 0 aromatic heterocycles. The second kappa shape index (κ2) is 5.78. The van der Waals surface area contributed by atoms with Crippen LogP contribution in [0.3, 0.4) is 0 Å². The summed E-state index contributed by atoms with van der Waals surface area (Å²) in [5.41, 5.74) is 0.122. The highest BCUT2D eigenvalue weighted by Gasteiger charge is 2.27. The molecule has 1 heterocycles. The lowest BCUT2D eigenvalue weighted by atomic mass is 9.92. The van der Waals surface area contributed by atoms with Crippen molar-refractivity contribution in [2.45, 2.75) is 31.4 Å². The van der Waals surface area contributed by atoms with Crippen LogP contribution in [0.4, 0.5) is 4.39 Å². The van der Waals surface area contributed by atoms with Gasteiger partial charge in [-0.3, -0.25) is 0 Å². The van der Waals surface area contributed by atoms with Crippen LogP contribution in [0.25, 0.3) is 0 Å². The third kappa shape index (κ3) is 3.07. The summed E-state index contributed by atoms with van der Waals surface area (Å²) in [7, 11) is 0. The third-order valence-corrected chi connectivity index (χ3v) is 3.52. The van der Waals surface area contributed by atoms with Gasteiger partial charge in [0.05, 0.1) is 18.2 Å². The van der Waals surface area contributed by atoms with Crippen molar-refractivity contribution in [3.05, 3.63) is 35.6 Å². The number of nitrogens with one attached hydrogen (secondary N) is 1. The van der Waals surface area contributed by atoms with E-state index in [4.69, 9.17) is 4.74 Å². The molecule has 0 bridgehead atoms. The zero-order chi connectivity index (χ0) is 13.0. The van der Waals surface area contributed by atoms with E-state index >= 15 is 0 Å². The normalized spacial score (nSPS) is 22.9. The second-order valence-electron chi connectivity index (χ2n) is 5.02. The van der Waals surface area contributed by atoms with Gasteiger partial charge in [0.15, 0.2) is 0 Å². The van der Waals surface area contributed by atoms with E-state index in [9.17, 15) is 9.50 Å². The van der Waals surface area contributed by atoms with Gasteiger partial charge in [-0.05, 0) is 37.5 Å². The van der Waals surface area contributed by atoms with Gasteiger partial charge in [0.1, 0.15) is 5.82 Å². The van der Waals surface area contributed by atoms with E-state index in [0.717, 1.165) is 25.0 Å². The van der Waals surface area contributed by atoms with Crippen LogP contribution in [-0.2, 0) is 10.3 Å². The van der Waals surface area contributed by atoms with E-state index in [1.54, 1.807) is 6.07 Å². The van der Waals surface area contributed by atoms with Crippen LogP contribution in [0.1, 0.15) is 25.3 Å². The maximum Gasteiger partial charge on any atom is 0.123 e. The number of benzene rings is 1. The zero-order valence-electron chi connectivity index (χ0n) is 10.7. The fourth-order valence-electron chi connectivity index (χ4n) is 2.23. The molecule has 3 nitrogen and oxygen atoms in total. The minimum atomic E-state index is -0.631. The van der Waals surface area contributed by atoms with Crippen LogP contribution in [0.5, 0.6) is 0 Å². The number of aliphatic hydroxyl groups is 1. The number of rotatable bonds is 5. The first-order valence-corrected chi connectivity index (χ1v) is 6.37. The largest absolute Gasteiger partial charge is 0.394 e. The Balaban J connectivity index is 2.04. The van der Waals surface area contributed by atoms with Crippen molar-refractivity contribution in [3.8, 4) is 0 Å². The number of hydrogen-bond donors (Lipinski definition) is 2. The Morgan fingerprint density at radius 3 is 3.00 bits per heavy atom. The van der Waals surface area contributed by atoms with Gasteiger partial charge in [-0.2, -0.15) is 0 Å². The Bertz CT molecular complexity index is 393. The van der Waals surface area contributed by atoms with Crippen molar-refractivity contribution in [3.63, 3.8) is 0 Å². The van der Waals surface area contributed by atoms with Crippen LogP contribution in [0.15, 0.2) is 24.3 Å². The van der Waals surface area contributed by atoms with Crippen LogP contribution in [-0.4, -0.2) is 31.0 Å². The van der Waals surface area contributed by atoms with Crippen molar-refractivity contribution < 1.29 is 14.2 Å². The Morgan fingerprint density at radius 1 is 1.56 bits per heavy atom. The summed E-state index contributed by atoms with van der Waals surface area (Å²) in [6.07, 6.45) is 2.32. The molecule has 1 saturated heterocycles. The van der Waals surface area contributed by atoms with E-state index in [-0.39, 0.29) is 18.5 Å². The highest BCUT2D eigenvalue weighted by atomic mass is 19.1. The third-order valence-electron chi connectivity index (χ3n) is 3.52. The number of hydrogen-bond acceptors (Lipinski definition) is 3. The molecule has 2 unspecified atom stereocenters. The van der Waals surface area contributed by atoms with Gasteiger partial charge >= 0.3 is 0 Å². The van der Waals surface area contributed by atoms with Gasteiger partial charge < -0.3 is 15.2 Å². The lowest BCUT2D eigenvalue weighted by Crippen LogP contribution is -2.46. The van der Waals surface area contributed by atoms with E-state index in [2.05, 4.69) is 5.32 Å². The SMILES string of the molecule is CC(CO)(NCC1CCCO1)c1cccc(F)c1. The first-order valence-electron chi connectivity index (χ1n) is 6.37. The van der Waals surface area contributed by atoms with Crippen LogP contribution in [0.2, 0.25) is 0 Å². The van der Waals surface area contributed by atoms with Crippen molar-refractivity contribution in [1.29, 1.82) is 0 Å². The molecular weight excluding hydrogens is 233 g/mol. The molecular formula is C14H20FNO2. The average molecular weight is 253 g/mol. The number of ether oxygens (including phenoxy) is 1. The number of aliphatic hydroxyl groups excluding tert-OH is 1. The first-order chi connectivity index (χ1) is 8.64. The standard InChI is InChI=1S/C14H20FNO2/c1-14(10-17,11-4-2-5-12(15)8-11)16-9-13-6-3-7-18-13/h2,4-5,8,13,16-17H,3,6-7,9-10H2,1H3. The summed E-state index contributed by atoms with van der Waals surface area (Å²) in [6, 6.07) is 6.34. The maximum absolute atomic E-state index is 13.2. The molecule has 2 atom stereocenters. The smallest absolute Gasteiger partial charge is 0.123 e. The molecule has 1 aromatic rings.